The zero-order chi connectivity index (χ0) is 46.1. The van der Waals surface area contributed by atoms with Crippen LogP contribution < -0.4 is 0 Å². The topological polar surface area (TPSA) is 35.6 Å². The van der Waals surface area contributed by atoms with E-state index < -0.39 is 23.4 Å². The van der Waals surface area contributed by atoms with E-state index in [4.69, 9.17) is 9.97 Å². The van der Waals surface area contributed by atoms with Crippen molar-refractivity contribution in [3.05, 3.63) is 230 Å². The normalized spacial score (nSPS) is 11.9. The second-order valence-electron chi connectivity index (χ2n) is 16.8. The van der Waals surface area contributed by atoms with Gasteiger partial charge in [-0.15, -0.1) is 0 Å². The minimum absolute atomic E-state index is 0.213. The predicted octanol–water partition coefficient (Wildman–Crippen LogP) is 16.3. The van der Waals surface area contributed by atoms with Gasteiger partial charge in [-0.2, -0.15) is 13.2 Å². The number of fused-ring (bicyclic) bond motifs is 6. The summed E-state index contributed by atoms with van der Waals surface area (Å²) in [5, 5.41) is 3.31. The number of para-hydroxylation sites is 2. The van der Waals surface area contributed by atoms with Crippen molar-refractivity contribution in [1.29, 1.82) is 0 Å². The van der Waals surface area contributed by atoms with Gasteiger partial charge in [-0.1, -0.05) is 121 Å². The highest BCUT2D eigenvalue weighted by atomic mass is 19.4. The summed E-state index contributed by atoms with van der Waals surface area (Å²) in [6.07, 6.45) is -4.93. The molecule has 0 radical (unpaired) electrons. The van der Waals surface area contributed by atoms with E-state index in [9.17, 15) is 0 Å². The molecule has 9 heteroatoms. The Morgan fingerprint density at radius 3 is 1.21 bits per heavy atom. The lowest BCUT2D eigenvalue weighted by atomic mass is 9.96. The Morgan fingerprint density at radius 2 is 0.735 bits per heavy atom. The fourth-order valence-corrected chi connectivity index (χ4v) is 9.63. The summed E-state index contributed by atoms with van der Waals surface area (Å²) in [6, 6.07) is 63.8. The molecule has 8 aromatic carbocycles. The summed E-state index contributed by atoms with van der Waals surface area (Å²) in [5.74, 6) is -1.98. The van der Waals surface area contributed by atoms with Crippen LogP contribution in [0.3, 0.4) is 0 Å². The molecule has 0 N–H and O–H groups in total. The van der Waals surface area contributed by atoms with Crippen molar-refractivity contribution in [3.8, 4) is 67.5 Å². The van der Waals surface area contributed by atoms with Crippen molar-refractivity contribution in [3.63, 3.8) is 0 Å². The lowest BCUT2D eigenvalue weighted by Crippen LogP contribution is -2.12. The van der Waals surface area contributed by atoms with Crippen LogP contribution in [0, 0.1) is 11.6 Å². The maximum Gasteiger partial charge on any atom is 0.417 e. The molecular weight excluding hydrogens is 860 g/mol. The van der Waals surface area contributed by atoms with Crippen LogP contribution in [0.25, 0.3) is 111 Å². The van der Waals surface area contributed by atoms with Gasteiger partial charge in [0.15, 0.2) is 0 Å². The van der Waals surface area contributed by atoms with Crippen LogP contribution in [0.5, 0.6) is 0 Å². The van der Waals surface area contributed by atoms with E-state index in [0.717, 1.165) is 90.3 Å². The van der Waals surface area contributed by atoms with Crippen LogP contribution in [0.1, 0.15) is 5.56 Å². The standard InChI is InChI=1S/C59H35F5N4/c60-41-29-40(30-42(61)33-41)45-34-57(67-53-23-9-7-17-43(53)46-31-38(25-27-55(46)67)51-21-11-19-49(65-51)36-13-3-1-4-14-36)58(35-48(45)59(62,63)64)68-54-24-10-8-18-44(54)47-32-39(26-28-56(47)68)52-22-12-20-50(66-52)37-15-5-2-6-16-37/h1-35H. The van der Waals surface area contributed by atoms with Crippen molar-refractivity contribution in [2.24, 2.45) is 0 Å². The Kier molecular flexibility index (Phi) is 9.62. The van der Waals surface area contributed by atoms with Gasteiger partial charge in [0.2, 0.25) is 0 Å². The van der Waals surface area contributed by atoms with Crippen molar-refractivity contribution in [2.75, 3.05) is 0 Å². The van der Waals surface area contributed by atoms with E-state index in [1.165, 1.54) is 6.07 Å². The zero-order valence-electron chi connectivity index (χ0n) is 35.9. The molecule has 4 aromatic heterocycles. The van der Waals surface area contributed by atoms with Crippen LogP contribution in [-0.4, -0.2) is 19.1 Å². The monoisotopic (exact) mass is 894 g/mol. The SMILES string of the molecule is Fc1cc(F)cc(-c2cc(-n3c4ccccc4c4cc(-c5cccc(-c6ccccc6)n5)ccc43)c(-n3c4ccccc4c4cc(-c5cccc(-c6ccccc6)n5)ccc43)cc2C(F)(F)F)c1. The van der Waals surface area contributed by atoms with E-state index >= 15 is 22.0 Å². The van der Waals surface area contributed by atoms with Gasteiger partial charge >= 0.3 is 6.18 Å². The smallest absolute Gasteiger partial charge is 0.307 e. The number of alkyl halides is 3. The molecule has 0 amide bonds. The molecule has 0 aliphatic heterocycles. The second-order valence-corrected chi connectivity index (χ2v) is 16.8. The largest absolute Gasteiger partial charge is 0.417 e. The van der Waals surface area contributed by atoms with Crippen molar-refractivity contribution < 1.29 is 22.0 Å². The maximum atomic E-state index is 15.7. The van der Waals surface area contributed by atoms with Gasteiger partial charge in [0.1, 0.15) is 11.6 Å². The van der Waals surface area contributed by atoms with Gasteiger partial charge in [0, 0.05) is 49.9 Å². The summed E-state index contributed by atoms with van der Waals surface area (Å²) in [4.78, 5) is 10.0. The first kappa shape index (κ1) is 40.8. The average Bonchev–Trinajstić information content (AvgIpc) is 3.88. The molecule has 0 saturated carbocycles. The first-order valence-corrected chi connectivity index (χ1v) is 22.0. The zero-order valence-corrected chi connectivity index (χ0v) is 35.9. The van der Waals surface area contributed by atoms with Crippen LogP contribution in [0.4, 0.5) is 22.0 Å². The lowest BCUT2D eigenvalue weighted by molar-refractivity contribution is -0.137. The molecule has 0 fully saturated rings. The number of halogens is 5. The Morgan fingerprint density at radius 1 is 0.324 bits per heavy atom. The third kappa shape index (κ3) is 6.98. The molecule has 0 atom stereocenters. The highest BCUT2D eigenvalue weighted by Crippen LogP contribution is 2.46. The maximum absolute atomic E-state index is 15.7. The molecule has 0 saturated heterocycles. The number of hydrogen-bond donors (Lipinski definition) is 0. The Labute approximate surface area is 386 Å². The molecular formula is C59H35F5N4. The number of hydrogen-bond acceptors (Lipinski definition) is 2. The Hall–Kier alpha value is -8.69. The molecule has 68 heavy (non-hydrogen) atoms. The fourth-order valence-electron chi connectivity index (χ4n) is 9.63. The van der Waals surface area contributed by atoms with E-state index in [1.54, 1.807) is 0 Å². The molecule has 0 spiro atoms. The van der Waals surface area contributed by atoms with Gasteiger partial charge in [-0.05, 0) is 96.1 Å². The molecule has 0 aliphatic carbocycles. The highest BCUT2D eigenvalue weighted by molar-refractivity contribution is 6.13. The van der Waals surface area contributed by atoms with Gasteiger partial charge in [-0.3, -0.25) is 0 Å². The number of nitrogens with zero attached hydrogens (tertiary/aromatic N) is 4. The third-order valence-corrected chi connectivity index (χ3v) is 12.6. The first-order chi connectivity index (χ1) is 33.2. The first-order valence-electron chi connectivity index (χ1n) is 22.0. The molecule has 0 bridgehead atoms. The summed E-state index contributed by atoms with van der Waals surface area (Å²) < 4.78 is 80.9. The van der Waals surface area contributed by atoms with Gasteiger partial charge < -0.3 is 9.13 Å². The number of rotatable bonds is 7. The van der Waals surface area contributed by atoms with E-state index in [1.807, 2.05) is 185 Å². The van der Waals surface area contributed by atoms with Crippen LogP contribution >= 0.6 is 0 Å². The van der Waals surface area contributed by atoms with Crippen molar-refractivity contribution >= 4 is 43.6 Å². The van der Waals surface area contributed by atoms with Gasteiger partial charge in [-0.25, -0.2) is 18.7 Å². The second kappa shape index (κ2) is 16.0. The van der Waals surface area contributed by atoms with E-state index in [0.29, 0.717) is 28.3 Å². The molecule has 4 nitrogen and oxygen atoms in total. The summed E-state index contributed by atoms with van der Waals surface area (Å²) >= 11 is 0. The summed E-state index contributed by atoms with van der Waals surface area (Å²) in [7, 11) is 0. The Balaban J connectivity index is 1.13. The lowest BCUT2D eigenvalue weighted by Gasteiger charge is -2.22. The average molecular weight is 895 g/mol. The summed E-state index contributed by atoms with van der Waals surface area (Å²) in [6.45, 7) is 0. The third-order valence-electron chi connectivity index (χ3n) is 12.6. The molecule has 0 aliphatic rings. The minimum atomic E-state index is -4.93. The predicted molar refractivity (Wildman–Crippen MR) is 263 cm³/mol. The molecule has 12 aromatic rings. The molecule has 12 rings (SSSR count). The molecule has 0 unspecified atom stereocenters. The Bertz CT molecular complexity index is 3910. The van der Waals surface area contributed by atoms with E-state index in [2.05, 4.69) is 6.07 Å². The van der Waals surface area contributed by atoms with Gasteiger partial charge in [0.25, 0.3) is 0 Å². The van der Waals surface area contributed by atoms with E-state index in [-0.39, 0.29) is 16.8 Å². The van der Waals surface area contributed by atoms with Crippen molar-refractivity contribution in [2.45, 2.75) is 6.18 Å². The summed E-state index contributed by atoms with van der Waals surface area (Å²) in [5.41, 5.74) is 8.42. The number of aromatic nitrogens is 4. The highest BCUT2D eigenvalue weighted by Gasteiger charge is 2.36. The molecule has 4 heterocycles. The van der Waals surface area contributed by atoms with Gasteiger partial charge in [0.05, 0.1) is 61.8 Å². The quantitative estimate of drug-likeness (QED) is 0.149. The fraction of sp³-hybridized carbons (Fsp3) is 0.0169. The minimum Gasteiger partial charge on any atom is -0.307 e. The van der Waals surface area contributed by atoms with Crippen LogP contribution in [0.15, 0.2) is 212 Å². The number of pyridine rings is 2. The molecule has 326 valence electrons. The number of benzene rings is 8. The van der Waals surface area contributed by atoms with Crippen molar-refractivity contribution in [1.82, 2.24) is 19.1 Å². The van der Waals surface area contributed by atoms with Crippen LogP contribution in [-0.2, 0) is 6.18 Å². The van der Waals surface area contributed by atoms with Crippen LogP contribution in [0.2, 0.25) is 0 Å².